The van der Waals surface area contributed by atoms with Crippen molar-refractivity contribution < 1.29 is 35.9 Å². The number of anilines is 1. The zero-order valence-corrected chi connectivity index (χ0v) is 18.8. The second-order valence-electron chi connectivity index (χ2n) is 7.52. The van der Waals surface area contributed by atoms with Crippen molar-refractivity contribution in [1.29, 1.82) is 0 Å². The minimum atomic E-state index is -5.09. The molecule has 33 heavy (non-hydrogen) atoms. The Morgan fingerprint density at radius 2 is 1.58 bits per heavy atom. The maximum atomic E-state index is 13.2. The number of nitrogens with zero attached hydrogens (tertiary/aromatic N) is 3. The molecule has 1 N–H and O–H groups in total. The van der Waals surface area contributed by atoms with Crippen molar-refractivity contribution in [2.45, 2.75) is 25.7 Å². The molecule has 0 saturated carbocycles. The third kappa shape index (κ3) is 8.00. The molecule has 1 heterocycles. The molecule has 1 aromatic heterocycles. The first-order valence-corrected chi connectivity index (χ1v) is 10.5. The molecular formula is C20H22F6N4O2S. The largest absolute Gasteiger partial charge is 0.416 e. The summed E-state index contributed by atoms with van der Waals surface area (Å²) in [5, 5.41) is 4.41. The number of amides is 2. The van der Waals surface area contributed by atoms with Gasteiger partial charge in [0.2, 0.25) is 5.91 Å². The second kappa shape index (κ2) is 10.5. The first-order valence-electron chi connectivity index (χ1n) is 9.62. The molecule has 0 bridgehead atoms. The molecule has 1 aromatic carbocycles. The van der Waals surface area contributed by atoms with E-state index in [2.05, 4.69) is 10.3 Å². The number of aromatic nitrogens is 1. The number of carbonyl (C=O) groups is 2. The normalized spacial score (nSPS) is 12.2. The highest BCUT2D eigenvalue weighted by molar-refractivity contribution is 7.13. The van der Waals surface area contributed by atoms with E-state index in [1.807, 2.05) is 0 Å². The molecule has 6 nitrogen and oxygen atoms in total. The molecule has 0 aliphatic rings. The molecule has 0 unspecified atom stereocenters. The van der Waals surface area contributed by atoms with Gasteiger partial charge in [0.15, 0.2) is 5.13 Å². The molecule has 0 atom stereocenters. The van der Waals surface area contributed by atoms with Crippen LogP contribution in [0, 0.1) is 6.92 Å². The van der Waals surface area contributed by atoms with Gasteiger partial charge in [0.25, 0.3) is 5.91 Å². The van der Waals surface area contributed by atoms with Crippen LogP contribution in [-0.2, 0) is 17.1 Å². The van der Waals surface area contributed by atoms with Crippen molar-refractivity contribution in [3.05, 3.63) is 46.0 Å². The Bertz CT molecular complexity index is 955. The quantitative estimate of drug-likeness (QED) is 0.546. The fourth-order valence-electron chi connectivity index (χ4n) is 2.83. The summed E-state index contributed by atoms with van der Waals surface area (Å²) in [6, 6.07) is 0.669. The number of benzene rings is 1. The Balaban J connectivity index is 2.34. The lowest BCUT2D eigenvalue weighted by atomic mass is 10.0. The van der Waals surface area contributed by atoms with Gasteiger partial charge in [-0.2, -0.15) is 26.3 Å². The number of aryl methyl sites for hydroxylation is 1. The average Bonchev–Trinajstić information content (AvgIpc) is 3.09. The number of hydrogen-bond acceptors (Lipinski definition) is 5. The Labute approximate surface area is 190 Å². The van der Waals surface area contributed by atoms with E-state index in [4.69, 9.17) is 0 Å². The summed E-state index contributed by atoms with van der Waals surface area (Å²) >= 11 is 1.14. The summed E-state index contributed by atoms with van der Waals surface area (Å²) < 4.78 is 79.1. The molecular weight excluding hydrogens is 474 g/mol. The summed E-state index contributed by atoms with van der Waals surface area (Å²) in [5.41, 5.74) is -3.36. The number of thiazole rings is 1. The van der Waals surface area contributed by atoms with E-state index in [-0.39, 0.29) is 17.7 Å². The van der Waals surface area contributed by atoms with Crippen molar-refractivity contribution in [2.75, 3.05) is 39.0 Å². The average molecular weight is 496 g/mol. The first-order chi connectivity index (χ1) is 15.2. The van der Waals surface area contributed by atoms with Gasteiger partial charge in [-0.1, -0.05) is 0 Å². The van der Waals surface area contributed by atoms with E-state index in [1.165, 1.54) is 0 Å². The third-order valence-corrected chi connectivity index (χ3v) is 5.23. The fraction of sp³-hybridized carbons (Fsp3) is 0.450. The number of halogens is 6. The third-order valence-electron chi connectivity index (χ3n) is 4.36. The lowest BCUT2D eigenvalue weighted by Crippen LogP contribution is -2.39. The Kier molecular flexibility index (Phi) is 8.46. The Hall–Kier alpha value is -2.67. The highest BCUT2D eigenvalue weighted by atomic mass is 32.1. The minimum absolute atomic E-state index is 0.0509. The second-order valence-corrected chi connectivity index (χ2v) is 8.38. The monoisotopic (exact) mass is 496 g/mol. The van der Waals surface area contributed by atoms with Gasteiger partial charge in [-0.15, -0.1) is 11.3 Å². The van der Waals surface area contributed by atoms with Gasteiger partial charge in [-0.3, -0.25) is 9.59 Å². The highest BCUT2D eigenvalue weighted by Gasteiger charge is 2.38. The molecule has 0 spiro atoms. The van der Waals surface area contributed by atoms with Crippen molar-refractivity contribution in [3.63, 3.8) is 0 Å². The van der Waals surface area contributed by atoms with Crippen molar-refractivity contribution >= 4 is 28.3 Å². The summed E-state index contributed by atoms with van der Waals surface area (Å²) in [6.45, 7) is 1.56. The molecule has 0 radical (unpaired) electrons. The molecule has 2 amide bonds. The van der Waals surface area contributed by atoms with Crippen molar-refractivity contribution in [2.24, 2.45) is 0 Å². The highest BCUT2D eigenvalue weighted by Crippen LogP contribution is 2.36. The standard InChI is InChI=1S/C20H22F6N4O2S/c1-12-11-33-18(27-12)28-16(31)10-30(6-4-5-29(2)3)17(32)13-7-14(19(21,22)23)9-15(8-13)20(24,25)26/h7-9,11H,4-6,10H2,1-3H3,(H,27,28,31). The molecule has 0 aliphatic carbocycles. The van der Waals surface area contributed by atoms with Crippen LogP contribution in [0.15, 0.2) is 23.6 Å². The number of alkyl halides is 6. The maximum absolute atomic E-state index is 13.2. The lowest BCUT2D eigenvalue weighted by Gasteiger charge is -2.24. The minimum Gasteiger partial charge on any atom is -0.329 e. The number of rotatable bonds is 8. The predicted molar refractivity (Wildman–Crippen MR) is 111 cm³/mol. The summed E-state index contributed by atoms with van der Waals surface area (Å²) in [6.07, 6.45) is -9.84. The van der Waals surface area contributed by atoms with E-state index >= 15 is 0 Å². The fourth-order valence-corrected chi connectivity index (χ4v) is 3.54. The lowest BCUT2D eigenvalue weighted by molar-refractivity contribution is -0.143. The van der Waals surface area contributed by atoms with Gasteiger partial charge in [0.05, 0.1) is 16.8 Å². The van der Waals surface area contributed by atoms with Gasteiger partial charge >= 0.3 is 12.4 Å². The van der Waals surface area contributed by atoms with Gasteiger partial charge in [0.1, 0.15) is 6.54 Å². The first kappa shape index (κ1) is 26.6. The molecule has 0 aliphatic heterocycles. The summed E-state index contributed by atoms with van der Waals surface area (Å²) in [5.74, 6) is -1.79. The number of hydrogen-bond donors (Lipinski definition) is 1. The van der Waals surface area contributed by atoms with Crippen LogP contribution < -0.4 is 5.32 Å². The van der Waals surface area contributed by atoms with Gasteiger partial charge in [0, 0.05) is 17.5 Å². The van der Waals surface area contributed by atoms with Crippen LogP contribution >= 0.6 is 11.3 Å². The Morgan fingerprint density at radius 3 is 2.03 bits per heavy atom. The van der Waals surface area contributed by atoms with Gasteiger partial charge in [-0.05, 0) is 52.2 Å². The van der Waals surface area contributed by atoms with Gasteiger partial charge in [-0.25, -0.2) is 4.98 Å². The molecule has 0 saturated heterocycles. The van der Waals surface area contributed by atoms with Crippen molar-refractivity contribution in [1.82, 2.24) is 14.8 Å². The van der Waals surface area contributed by atoms with E-state index < -0.39 is 47.4 Å². The molecule has 0 fully saturated rings. The Morgan fingerprint density at radius 1 is 1.00 bits per heavy atom. The smallest absolute Gasteiger partial charge is 0.329 e. The van der Waals surface area contributed by atoms with E-state index in [1.54, 1.807) is 31.3 Å². The van der Waals surface area contributed by atoms with Crippen molar-refractivity contribution in [3.8, 4) is 0 Å². The van der Waals surface area contributed by atoms with E-state index in [0.717, 1.165) is 16.2 Å². The number of carbonyl (C=O) groups excluding carboxylic acids is 2. The van der Waals surface area contributed by atoms with Gasteiger partial charge < -0.3 is 15.1 Å². The van der Waals surface area contributed by atoms with Crippen LogP contribution in [0.1, 0.15) is 33.6 Å². The summed E-state index contributed by atoms with van der Waals surface area (Å²) in [7, 11) is 3.51. The van der Waals surface area contributed by atoms with Crippen LogP contribution in [0.25, 0.3) is 0 Å². The van der Waals surface area contributed by atoms with Crippen LogP contribution in [-0.4, -0.2) is 60.3 Å². The molecule has 2 aromatic rings. The van der Waals surface area contributed by atoms with Crippen LogP contribution in [0.4, 0.5) is 31.5 Å². The van der Waals surface area contributed by atoms with E-state index in [0.29, 0.717) is 30.8 Å². The topological polar surface area (TPSA) is 65.5 Å². The zero-order valence-electron chi connectivity index (χ0n) is 18.0. The van der Waals surface area contributed by atoms with Crippen LogP contribution in [0.2, 0.25) is 0 Å². The van der Waals surface area contributed by atoms with Crippen LogP contribution in [0.5, 0.6) is 0 Å². The summed E-state index contributed by atoms with van der Waals surface area (Å²) in [4.78, 5) is 32.1. The predicted octanol–water partition coefficient (Wildman–Crippen LogP) is 4.52. The maximum Gasteiger partial charge on any atom is 0.416 e. The number of nitrogens with one attached hydrogen (secondary N) is 1. The van der Waals surface area contributed by atoms with E-state index in [9.17, 15) is 35.9 Å². The zero-order chi connectivity index (χ0) is 25.0. The molecule has 2 rings (SSSR count). The molecule has 182 valence electrons. The molecule has 13 heteroatoms. The van der Waals surface area contributed by atoms with Crippen LogP contribution in [0.3, 0.4) is 0 Å². The SMILES string of the molecule is Cc1csc(NC(=O)CN(CCCN(C)C)C(=O)c2cc(C(F)(F)F)cc(C(F)(F)F)c2)n1.